The van der Waals surface area contributed by atoms with Crippen molar-refractivity contribution in [2.75, 3.05) is 5.32 Å². The van der Waals surface area contributed by atoms with Crippen LogP contribution in [0.5, 0.6) is 0 Å². The molecule has 1 amide bonds. The van der Waals surface area contributed by atoms with Crippen LogP contribution >= 0.6 is 12.2 Å². The van der Waals surface area contributed by atoms with Crippen molar-refractivity contribution in [1.82, 2.24) is 10.9 Å². The summed E-state index contributed by atoms with van der Waals surface area (Å²) < 4.78 is 38.1. The van der Waals surface area contributed by atoms with E-state index in [1.807, 2.05) is 0 Å². The van der Waals surface area contributed by atoms with E-state index >= 15 is 0 Å². The van der Waals surface area contributed by atoms with Gasteiger partial charge in [-0.2, -0.15) is 13.2 Å². The van der Waals surface area contributed by atoms with E-state index in [-0.39, 0.29) is 23.1 Å². The molecule has 0 aromatic heterocycles. The van der Waals surface area contributed by atoms with Gasteiger partial charge in [0.2, 0.25) is 5.91 Å². The highest BCUT2D eigenvalue weighted by atomic mass is 32.1. The highest BCUT2D eigenvalue weighted by Gasteiger charge is 2.33. The minimum atomic E-state index is -4.48. The van der Waals surface area contributed by atoms with E-state index < -0.39 is 11.7 Å². The number of nitrogens with one attached hydrogen (secondary N) is 3. The predicted octanol–water partition coefficient (Wildman–Crippen LogP) is 2.43. The summed E-state index contributed by atoms with van der Waals surface area (Å²) in [6, 6.07) is 4.92. The van der Waals surface area contributed by atoms with Crippen LogP contribution in [-0.2, 0) is 11.0 Å². The van der Waals surface area contributed by atoms with Crippen molar-refractivity contribution in [2.24, 2.45) is 0 Å². The quantitative estimate of drug-likeness (QED) is 0.578. The Hall–Kier alpha value is -1.83. The summed E-state index contributed by atoms with van der Waals surface area (Å²) in [5.74, 6) is -0.326. The number of benzene rings is 1. The van der Waals surface area contributed by atoms with Crippen LogP contribution in [0, 0.1) is 0 Å². The smallest absolute Gasteiger partial charge is 0.331 e. The summed E-state index contributed by atoms with van der Waals surface area (Å²) in [5, 5.41) is 2.26. The van der Waals surface area contributed by atoms with Crippen molar-refractivity contribution in [3.8, 4) is 0 Å². The molecule has 104 valence electrons. The number of carbonyl (C=O) groups is 1. The second kappa shape index (κ2) is 6.37. The van der Waals surface area contributed by atoms with Crippen molar-refractivity contribution < 1.29 is 18.0 Å². The van der Waals surface area contributed by atoms with Crippen LogP contribution in [0.2, 0.25) is 0 Å². The van der Waals surface area contributed by atoms with E-state index in [1.165, 1.54) is 18.2 Å². The zero-order valence-corrected chi connectivity index (χ0v) is 10.8. The van der Waals surface area contributed by atoms with Gasteiger partial charge in [-0.15, -0.1) is 0 Å². The van der Waals surface area contributed by atoms with Crippen LogP contribution in [0.3, 0.4) is 0 Å². The number of hydrazine groups is 1. The number of anilines is 1. The van der Waals surface area contributed by atoms with Gasteiger partial charge in [-0.05, 0) is 24.4 Å². The predicted molar refractivity (Wildman–Crippen MR) is 69.2 cm³/mol. The molecule has 1 rings (SSSR count). The first-order valence-corrected chi connectivity index (χ1v) is 5.77. The fraction of sp³-hybridized carbons (Fsp3) is 0.273. The van der Waals surface area contributed by atoms with Crippen molar-refractivity contribution in [1.29, 1.82) is 0 Å². The summed E-state index contributed by atoms with van der Waals surface area (Å²) in [7, 11) is 0. The van der Waals surface area contributed by atoms with Crippen LogP contribution in [0.1, 0.15) is 18.9 Å². The monoisotopic (exact) mass is 291 g/mol. The maximum atomic E-state index is 12.7. The first-order chi connectivity index (χ1) is 8.84. The van der Waals surface area contributed by atoms with Crippen LogP contribution in [0.4, 0.5) is 18.9 Å². The van der Waals surface area contributed by atoms with Crippen molar-refractivity contribution in [3.63, 3.8) is 0 Å². The van der Waals surface area contributed by atoms with Gasteiger partial charge in [-0.1, -0.05) is 19.1 Å². The Morgan fingerprint density at radius 1 is 1.26 bits per heavy atom. The number of para-hydroxylation sites is 1. The third-order valence-corrected chi connectivity index (χ3v) is 2.32. The number of hydrogen-bond acceptors (Lipinski definition) is 2. The van der Waals surface area contributed by atoms with Crippen LogP contribution in [0.25, 0.3) is 0 Å². The third kappa shape index (κ3) is 4.74. The van der Waals surface area contributed by atoms with Gasteiger partial charge in [-0.3, -0.25) is 15.6 Å². The van der Waals surface area contributed by atoms with Gasteiger partial charge in [0, 0.05) is 6.42 Å². The lowest BCUT2D eigenvalue weighted by Gasteiger charge is -2.15. The van der Waals surface area contributed by atoms with Crippen molar-refractivity contribution >= 4 is 28.9 Å². The van der Waals surface area contributed by atoms with E-state index in [4.69, 9.17) is 12.2 Å². The molecule has 4 nitrogen and oxygen atoms in total. The Labute approximate surface area is 113 Å². The van der Waals surface area contributed by atoms with E-state index in [9.17, 15) is 18.0 Å². The average molecular weight is 291 g/mol. The SMILES string of the molecule is CCC(=O)NNC(=S)Nc1ccccc1C(F)(F)F. The number of thiocarbonyl (C=S) groups is 1. The molecule has 0 atom stereocenters. The van der Waals surface area contributed by atoms with Gasteiger partial charge in [-0.25, -0.2) is 0 Å². The number of amides is 1. The van der Waals surface area contributed by atoms with E-state index in [0.717, 1.165) is 6.07 Å². The Balaban J connectivity index is 2.72. The highest BCUT2D eigenvalue weighted by Crippen LogP contribution is 2.34. The molecular formula is C11H12F3N3OS. The maximum Gasteiger partial charge on any atom is 0.418 e. The number of halogens is 3. The summed E-state index contributed by atoms with van der Waals surface area (Å²) in [4.78, 5) is 11.0. The van der Waals surface area contributed by atoms with Crippen LogP contribution < -0.4 is 16.2 Å². The maximum absolute atomic E-state index is 12.7. The number of alkyl halides is 3. The van der Waals surface area contributed by atoms with Crippen molar-refractivity contribution in [3.05, 3.63) is 29.8 Å². The first-order valence-electron chi connectivity index (χ1n) is 5.36. The molecule has 0 saturated carbocycles. The lowest BCUT2D eigenvalue weighted by atomic mass is 10.2. The molecule has 1 aromatic rings. The van der Waals surface area contributed by atoms with Gasteiger partial charge < -0.3 is 5.32 Å². The fourth-order valence-corrected chi connectivity index (χ4v) is 1.37. The van der Waals surface area contributed by atoms with E-state index in [1.54, 1.807) is 6.92 Å². The summed E-state index contributed by atoms with van der Waals surface area (Å²) in [6.45, 7) is 1.63. The van der Waals surface area contributed by atoms with Crippen LogP contribution in [-0.4, -0.2) is 11.0 Å². The molecule has 3 N–H and O–H groups in total. The largest absolute Gasteiger partial charge is 0.418 e. The molecule has 0 unspecified atom stereocenters. The molecule has 0 aliphatic carbocycles. The van der Waals surface area contributed by atoms with Gasteiger partial charge in [0.05, 0.1) is 11.3 Å². The first kappa shape index (κ1) is 15.2. The number of carbonyl (C=O) groups excluding carboxylic acids is 1. The normalized spacial score (nSPS) is 10.7. The van der Waals surface area contributed by atoms with Gasteiger partial charge in [0.25, 0.3) is 0 Å². The topological polar surface area (TPSA) is 53.2 Å². The molecule has 1 aromatic carbocycles. The molecule has 0 bridgehead atoms. The molecular weight excluding hydrogens is 279 g/mol. The Morgan fingerprint density at radius 2 is 1.89 bits per heavy atom. The molecule has 19 heavy (non-hydrogen) atoms. The third-order valence-electron chi connectivity index (χ3n) is 2.12. The van der Waals surface area contributed by atoms with Crippen molar-refractivity contribution in [2.45, 2.75) is 19.5 Å². The molecule has 0 saturated heterocycles. The van der Waals surface area contributed by atoms with Gasteiger partial charge >= 0.3 is 6.18 Å². The Bertz CT molecular complexity index is 476. The number of hydrogen-bond donors (Lipinski definition) is 3. The minimum Gasteiger partial charge on any atom is -0.331 e. The Kier molecular flexibility index (Phi) is 5.11. The Morgan fingerprint density at radius 3 is 2.47 bits per heavy atom. The fourth-order valence-electron chi connectivity index (χ4n) is 1.21. The zero-order chi connectivity index (χ0) is 14.5. The molecule has 0 aliphatic rings. The molecule has 8 heteroatoms. The molecule has 0 fully saturated rings. The van der Waals surface area contributed by atoms with E-state index in [2.05, 4.69) is 16.2 Å². The molecule has 0 spiro atoms. The summed E-state index contributed by atoms with van der Waals surface area (Å²) in [5.41, 5.74) is 3.54. The average Bonchev–Trinajstić information content (AvgIpc) is 2.35. The summed E-state index contributed by atoms with van der Waals surface area (Å²) >= 11 is 4.78. The summed E-state index contributed by atoms with van der Waals surface area (Å²) in [6.07, 6.45) is -4.25. The van der Waals surface area contributed by atoms with E-state index in [0.29, 0.717) is 0 Å². The molecule has 0 heterocycles. The van der Waals surface area contributed by atoms with Gasteiger partial charge in [0.1, 0.15) is 0 Å². The second-order valence-electron chi connectivity index (χ2n) is 3.52. The lowest BCUT2D eigenvalue weighted by molar-refractivity contribution is -0.137. The number of rotatable bonds is 2. The standard InChI is InChI=1S/C11H12F3N3OS/c1-2-9(18)16-17-10(19)15-8-6-4-3-5-7(8)11(12,13)14/h3-6H,2H2,1H3,(H,16,18)(H2,15,17,19). The zero-order valence-electron chi connectivity index (χ0n) is 9.97. The molecule has 0 radical (unpaired) electrons. The highest BCUT2D eigenvalue weighted by molar-refractivity contribution is 7.80. The minimum absolute atomic E-state index is 0.126. The molecule has 0 aliphatic heterocycles. The van der Waals surface area contributed by atoms with Crippen LogP contribution in [0.15, 0.2) is 24.3 Å². The van der Waals surface area contributed by atoms with Gasteiger partial charge in [0.15, 0.2) is 5.11 Å². The lowest BCUT2D eigenvalue weighted by Crippen LogP contribution is -2.43. The second-order valence-corrected chi connectivity index (χ2v) is 3.93.